The lowest BCUT2D eigenvalue weighted by Crippen LogP contribution is -2.44. The van der Waals surface area contributed by atoms with Crippen molar-refractivity contribution in [2.45, 2.75) is 39.2 Å². The van der Waals surface area contributed by atoms with Gasteiger partial charge in [0.05, 0.1) is 0 Å². The van der Waals surface area contributed by atoms with Gasteiger partial charge in [-0.3, -0.25) is 4.90 Å². The number of nitrogens with zero attached hydrogens (tertiary/aromatic N) is 1. The summed E-state index contributed by atoms with van der Waals surface area (Å²) >= 11 is 3.40. The van der Waals surface area contributed by atoms with Crippen molar-refractivity contribution >= 4 is 15.9 Å². The highest BCUT2D eigenvalue weighted by molar-refractivity contribution is 9.11. The third kappa shape index (κ3) is 2.60. The topological polar surface area (TPSA) is 3.24 Å². The monoisotopic (exact) mass is 231 g/mol. The Morgan fingerprint density at radius 1 is 1.25 bits per heavy atom. The second kappa shape index (κ2) is 3.93. The maximum Gasteiger partial charge on any atom is 0.0125 e. The van der Waals surface area contributed by atoms with E-state index in [1.807, 2.05) is 0 Å². The van der Waals surface area contributed by atoms with Crippen LogP contribution >= 0.6 is 15.9 Å². The molecule has 0 N–H and O–H groups in total. The van der Waals surface area contributed by atoms with Gasteiger partial charge in [-0.2, -0.15) is 0 Å². The molecule has 1 saturated heterocycles. The van der Waals surface area contributed by atoms with Gasteiger partial charge in [0, 0.05) is 18.6 Å². The zero-order valence-electron chi connectivity index (χ0n) is 8.23. The summed E-state index contributed by atoms with van der Waals surface area (Å²) in [5.41, 5.74) is 1.90. The molecule has 1 rings (SSSR count). The van der Waals surface area contributed by atoms with Crippen LogP contribution < -0.4 is 0 Å². The number of hydrogen-bond acceptors (Lipinski definition) is 1. The van der Waals surface area contributed by atoms with Crippen molar-refractivity contribution in [3.8, 4) is 0 Å². The molecule has 0 amide bonds. The smallest absolute Gasteiger partial charge is 0.0125 e. The normalized spacial score (nSPS) is 21.2. The minimum absolute atomic E-state index is 0.345. The zero-order valence-corrected chi connectivity index (χ0v) is 9.82. The van der Waals surface area contributed by atoms with E-state index in [1.54, 1.807) is 5.57 Å². The second-order valence-electron chi connectivity index (χ2n) is 4.43. The molecular formula is C10H18BrN. The molecule has 0 aromatic carbocycles. The van der Waals surface area contributed by atoms with Crippen molar-refractivity contribution < 1.29 is 0 Å². The fourth-order valence-electron chi connectivity index (χ4n) is 1.57. The molecule has 70 valence electrons. The van der Waals surface area contributed by atoms with Crippen LogP contribution in [-0.4, -0.2) is 23.5 Å². The van der Waals surface area contributed by atoms with Gasteiger partial charge in [0.15, 0.2) is 0 Å². The van der Waals surface area contributed by atoms with Crippen molar-refractivity contribution in [2.24, 2.45) is 0 Å². The van der Waals surface area contributed by atoms with E-state index in [2.05, 4.69) is 46.6 Å². The van der Waals surface area contributed by atoms with Crippen LogP contribution in [0.25, 0.3) is 0 Å². The molecule has 0 atom stereocenters. The van der Waals surface area contributed by atoms with Crippen LogP contribution in [0.3, 0.4) is 0 Å². The summed E-state index contributed by atoms with van der Waals surface area (Å²) in [6.07, 6.45) is 2.45. The van der Waals surface area contributed by atoms with Crippen molar-refractivity contribution in [1.29, 1.82) is 0 Å². The Morgan fingerprint density at radius 2 is 1.75 bits per heavy atom. The number of piperidine rings is 1. The van der Waals surface area contributed by atoms with E-state index in [9.17, 15) is 0 Å². The van der Waals surface area contributed by atoms with Gasteiger partial charge in [-0.25, -0.2) is 0 Å². The van der Waals surface area contributed by atoms with E-state index in [0.717, 1.165) is 0 Å². The van der Waals surface area contributed by atoms with E-state index in [0.29, 0.717) is 5.54 Å². The summed E-state index contributed by atoms with van der Waals surface area (Å²) < 4.78 is 0. The predicted octanol–water partition coefficient (Wildman–Crippen LogP) is 3.16. The van der Waals surface area contributed by atoms with E-state index in [1.165, 1.54) is 25.9 Å². The number of hydrogen-bond donors (Lipinski definition) is 0. The highest BCUT2D eigenvalue weighted by atomic mass is 79.9. The van der Waals surface area contributed by atoms with Gasteiger partial charge in [0.2, 0.25) is 0 Å². The summed E-state index contributed by atoms with van der Waals surface area (Å²) in [4.78, 5) is 4.64. The van der Waals surface area contributed by atoms with Gasteiger partial charge in [0.25, 0.3) is 0 Å². The highest BCUT2D eigenvalue weighted by Crippen LogP contribution is 2.23. The maximum absolute atomic E-state index is 3.40. The van der Waals surface area contributed by atoms with Gasteiger partial charge < -0.3 is 0 Å². The van der Waals surface area contributed by atoms with Crippen molar-refractivity contribution in [3.63, 3.8) is 0 Å². The summed E-state index contributed by atoms with van der Waals surface area (Å²) in [5.74, 6) is 0. The molecule has 0 unspecified atom stereocenters. The predicted molar refractivity (Wildman–Crippen MR) is 57.6 cm³/mol. The number of halogens is 1. The Bertz CT molecular complexity index is 169. The molecule has 0 spiro atoms. The Balaban J connectivity index is 2.47. The molecule has 1 fully saturated rings. The number of likely N-dealkylation sites (tertiary alicyclic amines) is 1. The van der Waals surface area contributed by atoms with Crippen LogP contribution in [-0.2, 0) is 0 Å². The largest absolute Gasteiger partial charge is 0.298 e. The van der Waals surface area contributed by atoms with Gasteiger partial charge in [-0.05, 0) is 38.6 Å². The fraction of sp³-hybridized carbons (Fsp3) is 0.800. The van der Waals surface area contributed by atoms with Crippen molar-refractivity contribution in [3.05, 3.63) is 10.6 Å². The molecule has 2 heteroatoms. The van der Waals surface area contributed by atoms with E-state index in [4.69, 9.17) is 0 Å². The Labute approximate surface area is 84.0 Å². The average molecular weight is 232 g/mol. The molecule has 1 heterocycles. The first-order chi connectivity index (χ1) is 5.54. The summed E-state index contributed by atoms with van der Waals surface area (Å²) in [6.45, 7) is 9.28. The first-order valence-corrected chi connectivity index (χ1v) is 5.49. The third-order valence-electron chi connectivity index (χ3n) is 2.51. The standard InChI is InChI=1S/C10H18BrN/c1-10(2,3)12-6-4-9(8-11)5-7-12/h8H,4-7H2,1-3H3. The molecular weight excluding hydrogens is 214 g/mol. The van der Waals surface area contributed by atoms with Crippen LogP contribution in [0.4, 0.5) is 0 Å². The van der Waals surface area contributed by atoms with Crippen LogP contribution in [0.5, 0.6) is 0 Å². The quantitative estimate of drug-likeness (QED) is 0.620. The minimum atomic E-state index is 0.345. The SMILES string of the molecule is CC(C)(C)N1CCC(=CBr)CC1. The molecule has 0 radical (unpaired) electrons. The molecule has 0 aromatic rings. The molecule has 0 aromatic heterocycles. The minimum Gasteiger partial charge on any atom is -0.298 e. The molecule has 0 saturated carbocycles. The number of rotatable bonds is 0. The molecule has 0 bridgehead atoms. The highest BCUT2D eigenvalue weighted by Gasteiger charge is 2.23. The Hall–Kier alpha value is 0.180. The van der Waals surface area contributed by atoms with E-state index < -0.39 is 0 Å². The maximum atomic E-state index is 3.40. The lowest BCUT2D eigenvalue weighted by atomic mass is 9.99. The zero-order chi connectivity index (χ0) is 9.19. The lowest BCUT2D eigenvalue weighted by Gasteiger charge is -2.39. The van der Waals surface area contributed by atoms with Gasteiger partial charge in [-0.15, -0.1) is 0 Å². The van der Waals surface area contributed by atoms with Crippen LogP contribution in [0.1, 0.15) is 33.6 Å². The Kier molecular flexibility index (Phi) is 3.36. The Morgan fingerprint density at radius 3 is 2.08 bits per heavy atom. The van der Waals surface area contributed by atoms with Crippen molar-refractivity contribution in [1.82, 2.24) is 4.90 Å². The lowest BCUT2D eigenvalue weighted by molar-refractivity contribution is 0.126. The van der Waals surface area contributed by atoms with Crippen LogP contribution in [0.15, 0.2) is 10.6 Å². The van der Waals surface area contributed by atoms with Gasteiger partial charge >= 0.3 is 0 Å². The van der Waals surface area contributed by atoms with E-state index >= 15 is 0 Å². The van der Waals surface area contributed by atoms with E-state index in [-0.39, 0.29) is 0 Å². The van der Waals surface area contributed by atoms with Gasteiger partial charge in [0.1, 0.15) is 0 Å². The molecule has 1 nitrogen and oxygen atoms in total. The third-order valence-corrected chi connectivity index (χ3v) is 3.16. The second-order valence-corrected chi connectivity index (χ2v) is 4.88. The average Bonchev–Trinajstić information content (AvgIpc) is 2.03. The summed E-state index contributed by atoms with van der Waals surface area (Å²) in [5, 5.41) is 0. The van der Waals surface area contributed by atoms with Crippen molar-refractivity contribution in [2.75, 3.05) is 13.1 Å². The first-order valence-electron chi connectivity index (χ1n) is 4.57. The van der Waals surface area contributed by atoms with Gasteiger partial charge in [-0.1, -0.05) is 21.5 Å². The summed E-state index contributed by atoms with van der Waals surface area (Å²) in [6, 6.07) is 0. The summed E-state index contributed by atoms with van der Waals surface area (Å²) in [7, 11) is 0. The molecule has 1 aliphatic rings. The van der Waals surface area contributed by atoms with Crippen LogP contribution in [0.2, 0.25) is 0 Å². The fourth-order valence-corrected chi connectivity index (χ4v) is 2.03. The van der Waals surface area contributed by atoms with Crippen LogP contribution in [0, 0.1) is 0 Å². The first kappa shape index (κ1) is 10.3. The molecule has 0 aliphatic carbocycles. The molecule has 1 aliphatic heterocycles. The molecule has 12 heavy (non-hydrogen) atoms.